The van der Waals surface area contributed by atoms with Crippen molar-refractivity contribution in [3.05, 3.63) is 23.9 Å². The molecule has 1 aliphatic rings. The number of pyridine rings is 1. The van der Waals surface area contributed by atoms with Gasteiger partial charge in [-0.15, -0.1) is 0 Å². The summed E-state index contributed by atoms with van der Waals surface area (Å²) in [5.41, 5.74) is 0.996. The summed E-state index contributed by atoms with van der Waals surface area (Å²) in [4.78, 5) is 4.17. The molecule has 1 N–H and O–H groups in total. The summed E-state index contributed by atoms with van der Waals surface area (Å²) >= 11 is 0. The summed E-state index contributed by atoms with van der Waals surface area (Å²) in [5, 5.41) is 3.36. The zero-order valence-corrected chi connectivity index (χ0v) is 13.9. The molecule has 1 saturated heterocycles. The molecule has 1 fully saturated rings. The fourth-order valence-corrected chi connectivity index (χ4v) is 4.34. The van der Waals surface area contributed by atoms with E-state index in [1.54, 1.807) is 16.6 Å². The fraction of sp³-hybridized carbons (Fsp3) is 0.667. The topological polar surface area (TPSA) is 62.3 Å². The molecule has 21 heavy (non-hydrogen) atoms. The largest absolute Gasteiger partial charge is 0.313 e. The van der Waals surface area contributed by atoms with E-state index in [1.165, 1.54) is 0 Å². The van der Waals surface area contributed by atoms with Crippen molar-refractivity contribution in [1.82, 2.24) is 14.6 Å². The van der Waals surface area contributed by atoms with E-state index in [0.29, 0.717) is 19.0 Å². The monoisotopic (exact) mass is 311 g/mol. The first kappa shape index (κ1) is 16.4. The van der Waals surface area contributed by atoms with Crippen LogP contribution in [-0.4, -0.2) is 36.8 Å². The summed E-state index contributed by atoms with van der Waals surface area (Å²) in [5.74, 6) is 0.406. The van der Waals surface area contributed by atoms with Crippen LogP contribution in [0, 0.1) is 5.92 Å². The lowest BCUT2D eigenvalue weighted by Gasteiger charge is -2.35. The summed E-state index contributed by atoms with van der Waals surface area (Å²) < 4.78 is 27.0. The molecular formula is C15H25N3O2S. The predicted molar refractivity (Wildman–Crippen MR) is 83.4 cm³/mol. The second kappa shape index (κ2) is 6.85. The Kier molecular flexibility index (Phi) is 5.35. The molecule has 0 aliphatic carbocycles. The highest BCUT2D eigenvalue weighted by molar-refractivity contribution is 7.89. The van der Waals surface area contributed by atoms with E-state index in [0.717, 1.165) is 24.9 Å². The molecule has 0 saturated carbocycles. The van der Waals surface area contributed by atoms with Crippen molar-refractivity contribution < 1.29 is 8.42 Å². The molecule has 1 aromatic heterocycles. The van der Waals surface area contributed by atoms with Gasteiger partial charge in [0.2, 0.25) is 0 Å². The van der Waals surface area contributed by atoms with Gasteiger partial charge in [0.05, 0.1) is 0 Å². The molecule has 0 radical (unpaired) electrons. The first-order valence-corrected chi connectivity index (χ1v) is 9.06. The van der Waals surface area contributed by atoms with Gasteiger partial charge in [0.1, 0.15) is 0 Å². The number of hydrogen-bond donors (Lipinski definition) is 1. The lowest BCUT2D eigenvalue weighted by molar-refractivity contribution is 0.217. The molecule has 118 valence electrons. The maximum atomic E-state index is 12.7. The maximum absolute atomic E-state index is 12.7. The molecule has 1 aromatic rings. The van der Waals surface area contributed by atoms with E-state index in [-0.39, 0.29) is 11.1 Å². The summed E-state index contributed by atoms with van der Waals surface area (Å²) in [7, 11) is -3.48. The molecule has 1 aliphatic heterocycles. The van der Waals surface area contributed by atoms with Gasteiger partial charge in [0.15, 0.2) is 5.03 Å². The van der Waals surface area contributed by atoms with Crippen molar-refractivity contribution in [2.45, 2.75) is 51.2 Å². The second-order valence-corrected chi connectivity index (χ2v) is 7.73. The highest BCUT2D eigenvalue weighted by Crippen LogP contribution is 2.27. The molecule has 2 atom stereocenters. The Labute approximate surface area is 127 Å². The van der Waals surface area contributed by atoms with Crippen molar-refractivity contribution in [2.24, 2.45) is 5.92 Å². The van der Waals surface area contributed by atoms with Crippen molar-refractivity contribution in [3.63, 3.8) is 0 Å². The molecular weight excluding hydrogens is 286 g/mol. The lowest BCUT2D eigenvalue weighted by atomic mass is 9.97. The third-order valence-electron chi connectivity index (χ3n) is 4.01. The average molecular weight is 311 g/mol. The molecule has 2 heterocycles. The number of rotatable bonds is 5. The van der Waals surface area contributed by atoms with Crippen LogP contribution in [-0.2, 0) is 16.6 Å². The lowest BCUT2D eigenvalue weighted by Crippen LogP contribution is -2.45. The normalized spacial score (nSPS) is 24.1. The summed E-state index contributed by atoms with van der Waals surface area (Å²) in [6, 6.07) is 3.50. The van der Waals surface area contributed by atoms with Gasteiger partial charge in [0.25, 0.3) is 10.0 Å². The van der Waals surface area contributed by atoms with Gasteiger partial charge in [-0.05, 0) is 43.9 Å². The Morgan fingerprint density at radius 2 is 2.10 bits per heavy atom. The number of nitrogens with one attached hydrogen (secondary N) is 1. The zero-order chi connectivity index (χ0) is 15.5. The molecule has 2 unspecified atom stereocenters. The Morgan fingerprint density at radius 3 is 2.71 bits per heavy atom. The molecule has 5 nitrogen and oxygen atoms in total. The van der Waals surface area contributed by atoms with E-state index in [1.807, 2.05) is 19.9 Å². The van der Waals surface area contributed by atoms with Crippen LogP contribution >= 0.6 is 0 Å². The van der Waals surface area contributed by atoms with Gasteiger partial charge in [-0.25, -0.2) is 13.4 Å². The van der Waals surface area contributed by atoms with E-state index >= 15 is 0 Å². The van der Waals surface area contributed by atoms with Crippen LogP contribution in [0.25, 0.3) is 0 Å². The molecule has 0 aromatic carbocycles. The van der Waals surface area contributed by atoms with Crippen LogP contribution in [0.1, 0.15) is 39.2 Å². The molecule has 6 heteroatoms. The Morgan fingerprint density at radius 1 is 1.33 bits per heavy atom. The number of sulfonamides is 1. The van der Waals surface area contributed by atoms with Crippen LogP contribution in [0.4, 0.5) is 0 Å². The number of aromatic nitrogens is 1. The van der Waals surface area contributed by atoms with E-state index in [2.05, 4.69) is 17.2 Å². The number of hydrogen-bond acceptors (Lipinski definition) is 4. The first-order valence-electron chi connectivity index (χ1n) is 7.62. The first-order chi connectivity index (χ1) is 9.95. The minimum Gasteiger partial charge on any atom is -0.313 e. The van der Waals surface area contributed by atoms with Crippen molar-refractivity contribution in [2.75, 3.05) is 13.1 Å². The van der Waals surface area contributed by atoms with Gasteiger partial charge < -0.3 is 5.32 Å². The summed E-state index contributed by atoms with van der Waals surface area (Å²) in [6.45, 7) is 8.28. The van der Waals surface area contributed by atoms with Crippen molar-refractivity contribution >= 4 is 10.0 Å². The standard InChI is InChI=1S/C15H25N3O2S/c1-4-16-9-14-7-8-15(17-10-14)21(19,20)18-11-12(2)5-6-13(18)3/h7-8,10,12-13,16H,4-6,9,11H2,1-3H3. The Hall–Kier alpha value is -0.980. The van der Waals surface area contributed by atoms with Gasteiger partial charge in [-0.1, -0.05) is 19.9 Å². The minimum atomic E-state index is -3.48. The molecule has 0 amide bonds. The van der Waals surface area contributed by atoms with Gasteiger partial charge in [-0.3, -0.25) is 0 Å². The zero-order valence-electron chi connectivity index (χ0n) is 13.0. The van der Waals surface area contributed by atoms with Crippen LogP contribution in [0.3, 0.4) is 0 Å². The van der Waals surface area contributed by atoms with Gasteiger partial charge >= 0.3 is 0 Å². The quantitative estimate of drug-likeness (QED) is 0.903. The molecule has 0 bridgehead atoms. The molecule has 2 rings (SSSR count). The Bertz CT molecular complexity index is 557. The van der Waals surface area contributed by atoms with E-state index < -0.39 is 10.0 Å². The van der Waals surface area contributed by atoms with Gasteiger partial charge in [0, 0.05) is 25.3 Å². The third kappa shape index (κ3) is 3.81. The van der Waals surface area contributed by atoms with Crippen molar-refractivity contribution in [1.29, 1.82) is 0 Å². The van der Waals surface area contributed by atoms with Crippen LogP contribution in [0.2, 0.25) is 0 Å². The van der Waals surface area contributed by atoms with E-state index in [9.17, 15) is 8.42 Å². The highest BCUT2D eigenvalue weighted by Gasteiger charge is 2.34. The smallest absolute Gasteiger partial charge is 0.260 e. The number of nitrogens with zero attached hydrogens (tertiary/aromatic N) is 2. The highest BCUT2D eigenvalue weighted by atomic mass is 32.2. The minimum absolute atomic E-state index is 0.0504. The fourth-order valence-electron chi connectivity index (χ4n) is 2.64. The van der Waals surface area contributed by atoms with Crippen LogP contribution < -0.4 is 5.32 Å². The van der Waals surface area contributed by atoms with Crippen LogP contribution in [0.15, 0.2) is 23.4 Å². The maximum Gasteiger partial charge on any atom is 0.260 e. The SMILES string of the molecule is CCNCc1ccc(S(=O)(=O)N2CC(C)CCC2C)nc1. The number of piperidine rings is 1. The second-order valence-electron chi connectivity index (χ2n) is 5.89. The third-order valence-corrected chi connectivity index (χ3v) is 5.91. The summed E-state index contributed by atoms with van der Waals surface area (Å²) in [6.07, 6.45) is 3.65. The van der Waals surface area contributed by atoms with Crippen molar-refractivity contribution in [3.8, 4) is 0 Å². The average Bonchev–Trinajstić information content (AvgIpc) is 2.48. The van der Waals surface area contributed by atoms with Crippen LogP contribution in [0.5, 0.6) is 0 Å². The van der Waals surface area contributed by atoms with Gasteiger partial charge in [-0.2, -0.15) is 4.31 Å². The predicted octanol–water partition coefficient (Wildman–Crippen LogP) is 2.00. The molecule has 0 spiro atoms. The van der Waals surface area contributed by atoms with E-state index in [4.69, 9.17) is 0 Å². The Balaban J connectivity index is 2.18.